The molecule has 2 saturated heterocycles. The number of ether oxygens (including phenoxy) is 1. The number of morpholine rings is 1. The minimum absolute atomic E-state index is 0.0303. The van der Waals surface area contributed by atoms with E-state index in [2.05, 4.69) is 36.2 Å². The number of likely N-dealkylation sites (tertiary alicyclic amines) is 1. The first-order chi connectivity index (χ1) is 17.6. The fourth-order valence-electron chi connectivity index (χ4n) is 5.80. The molecule has 2 amide bonds. The summed E-state index contributed by atoms with van der Waals surface area (Å²) in [6.45, 7) is 5.19. The van der Waals surface area contributed by atoms with E-state index in [1.165, 1.54) is 12.0 Å². The number of carbonyl (C=O) groups is 2. The quantitative estimate of drug-likeness (QED) is 0.619. The van der Waals surface area contributed by atoms with Gasteiger partial charge in [-0.1, -0.05) is 43.2 Å². The molecule has 5 rings (SSSR count). The van der Waals surface area contributed by atoms with Crippen LogP contribution in [0, 0.1) is 0 Å². The van der Waals surface area contributed by atoms with E-state index >= 15 is 0 Å². The maximum Gasteiger partial charge on any atom is 0.274 e. The van der Waals surface area contributed by atoms with Crippen LogP contribution in [0.25, 0.3) is 0 Å². The summed E-state index contributed by atoms with van der Waals surface area (Å²) in [5.74, 6) is 0.170. The van der Waals surface area contributed by atoms with Crippen LogP contribution in [0.15, 0.2) is 30.3 Å². The van der Waals surface area contributed by atoms with Crippen LogP contribution in [0.4, 0.5) is 0 Å². The number of hydrogen-bond donors (Lipinski definition) is 0. The van der Waals surface area contributed by atoms with E-state index in [9.17, 15) is 9.59 Å². The summed E-state index contributed by atoms with van der Waals surface area (Å²) in [4.78, 5) is 33.2. The second-order valence-electron chi connectivity index (χ2n) is 10.3. The van der Waals surface area contributed by atoms with Crippen molar-refractivity contribution in [2.24, 2.45) is 0 Å². The molecule has 0 unspecified atom stereocenters. The van der Waals surface area contributed by atoms with Gasteiger partial charge in [-0.3, -0.25) is 19.2 Å². The summed E-state index contributed by atoms with van der Waals surface area (Å²) in [5.41, 5.74) is 3.91. The Hall–Kier alpha value is -2.71. The second kappa shape index (κ2) is 11.6. The Balaban J connectivity index is 1.36. The van der Waals surface area contributed by atoms with E-state index in [4.69, 9.17) is 9.84 Å². The summed E-state index contributed by atoms with van der Waals surface area (Å²) >= 11 is 0. The minimum Gasteiger partial charge on any atom is -0.378 e. The molecule has 8 nitrogen and oxygen atoms in total. The van der Waals surface area contributed by atoms with Crippen LogP contribution in [-0.2, 0) is 35.5 Å². The number of likely N-dealkylation sites (N-methyl/N-ethyl adjacent to an activating group) is 1. The smallest absolute Gasteiger partial charge is 0.274 e. The molecule has 1 atom stereocenters. The first-order valence-corrected chi connectivity index (χ1v) is 13.6. The lowest BCUT2D eigenvalue weighted by Gasteiger charge is -2.34. The average molecular weight is 494 g/mol. The van der Waals surface area contributed by atoms with Gasteiger partial charge >= 0.3 is 0 Å². The van der Waals surface area contributed by atoms with Gasteiger partial charge in [0.05, 0.1) is 19.3 Å². The molecule has 1 aromatic carbocycles. The summed E-state index contributed by atoms with van der Waals surface area (Å²) in [7, 11) is 2.07. The fraction of sp³-hybridized carbons (Fsp3) is 0.607. The molecule has 8 heteroatoms. The third kappa shape index (κ3) is 5.49. The second-order valence-corrected chi connectivity index (χ2v) is 10.3. The molecule has 0 spiro atoms. The van der Waals surface area contributed by atoms with Gasteiger partial charge in [-0.15, -0.1) is 0 Å². The highest BCUT2D eigenvalue weighted by molar-refractivity contribution is 5.94. The van der Waals surface area contributed by atoms with Crippen LogP contribution in [0.1, 0.15) is 59.4 Å². The van der Waals surface area contributed by atoms with Gasteiger partial charge in [-0.2, -0.15) is 5.10 Å². The summed E-state index contributed by atoms with van der Waals surface area (Å²) in [6.07, 6.45) is 7.02. The zero-order valence-corrected chi connectivity index (χ0v) is 21.5. The highest BCUT2D eigenvalue weighted by Crippen LogP contribution is 2.27. The van der Waals surface area contributed by atoms with Crippen molar-refractivity contribution in [2.45, 2.75) is 64.1 Å². The normalized spacial score (nSPS) is 21.2. The highest BCUT2D eigenvalue weighted by Gasteiger charge is 2.35. The SMILES string of the molecule is CN1CCCCC[C@@H]1C(=O)N1CCc2c(c(C(=O)N3CCOCC3)nn2CCCc2ccccc2)C1. The topological polar surface area (TPSA) is 70.9 Å². The molecule has 0 saturated carbocycles. The van der Waals surface area contributed by atoms with Gasteiger partial charge in [-0.25, -0.2) is 0 Å². The maximum atomic E-state index is 13.6. The third-order valence-electron chi connectivity index (χ3n) is 7.93. The van der Waals surface area contributed by atoms with E-state index in [1.807, 2.05) is 20.5 Å². The van der Waals surface area contributed by atoms with Crippen LogP contribution in [0.2, 0.25) is 0 Å². The Labute approximate surface area is 214 Å². The number of carbonyl (C=O) groups excluding carboxylic acids is 2. The predicted octanol–water partition coefficient (Wildman–Crippen LogP) is 2.75. The van der Waals surface area contributed by atoms with Gasteiger partial charge in [-0.05, 0) is 44.8 Å². The van der Waals surface area contributed by atoms with Gasteiger partial charge in [0.25, 0.3) is 5.91 Å². The molecule has 1 aromatic heterocycles. The zero-order chi connectivity index (χ0) is 24.9. The monoisotopic (exact) mass is 493 g/mol. The summed E-state index contributed by atoms with van der Waals surface area (Å²) in [6, 6.07) is 10.4. The van der Waals surface area contributed by atoms with Crippen molar-refractivity contribution in [1.82, 2.24) is 24.5 Å². The Bertz CT molecular complexity index is 1050. The van der Waals surface area contributed by atoms with Crippen LogP contribution in [0.5, 0.6) is 0 Å². The number of nitrogens with zero attached hydrogens (tertiary/aromatic N) is 5. The third-order valence-corrected chi connectivity index (χ3v) is 7.93. The Morgan fingerprint density at radius 3 is 2.61 bits per heavy atom. The molecule has 0 aliphatic carbocycles. The van der Waals surface area contributed by atoms with Gasteiger partial charge in [0.1, 0.15) is 0 Å². The van der Waals surface area contributed by atoms with E-state index < -0.39 is 0 Å². The van der Waals surface area contributed by atoms with Gasteiger partial charge in [0.15, 0.2) is 5.69 Å². The van der Waals surface area contributed by atoms with Crippen molar-refractivity contribution in [2.75, 3.05) is 46.4 Å². The first kappa shape index (κ1) is 25.0. The van der Waals surface area contributed by atoms with Crippen molar-refractivity contribution < 1.29 is 14.3 Å². The molecule has 0 N–H and O–H groups in total. The van der Waals surface area contributed by atoms with E-state index in [1.54, 1.807) is 0 Å². The Morgan fingerprint density at radius 1 is 1.00 bits per heavy atom. The van der Waals surface area contributed by atoms with Crippen LogP contribution >= 0.6 is 0 Å². The number of aromatic nitrogens is 2. The van der Waals surface area contributed by atoms with E-state index in [-0.39, 0.29) is 17.9 Å². The lowest BCUT2D eigenvalue weighted by atomic mass is 10.0. The molecular formula is C28H39N5O3. The van der Waals surface area contributed by atoms with Gasteiger partial charge in [0.2, 0.25) is 5.91 Å². The van der Waals surface area contributed by atoms with Crippen LogP contribution in [0.3, 0.4) is 0 Å². The van der Waals surface area contributed by atoms with Crippen molar-refractivity contribution >= 4 is 11.8 Å². The summed E-state index contributed by atoms with van der Waals surface area (Å²) < 4.78 is 7.50. The molecular weight excluding hydrogens is 454 g/mol. The van der Waals surface area contributed by atoms with Gasteiger partial charge < -0.3 is 14.5 Å². The Morgan fingerprint density at radius 2 is 1.81 bits per heavy atom. The van der Waals surface area contributed by atoms with Crippen LogP contribution in [-0.4, -0.2) is 88.8 Å². The zero-order valence-electron chi connectivity index (χ0n) is 21.5. The lowest BCUT2D eigenvalue weighted by Crippen LogP contribution is -2.48. The molecule has 2 fully saturated rings. The first-order valence-electron chi connectivity index (χ1n) is 13.6. The molecule has 3 aliphatic rings. The summed E-state index contributed by atoms with van der Waals surface area (Å²) in [5, 5.41) is 4.87. The molecule has 36 heavy (non-hydrogen) atoms. The molecule has 2 aromatic rings. The molecule has 4 heterocycles. The van der Waals surface area contributed by atoms with E-state index in [0.29, 0.717) is 45.1 Å². The largest absolute Gasteiger partial charge is 0.378 e. The number of rotatable bonds is 6. The fourth-order valence-corrected chi connectivity index (χ4v) is 5.80. The maximum absolute atomic E-state index is 13.6. The number of benzene rings is 1. The Kier molecular flexibility index (Phi) is 8.02. The predicted molar refractivity (Wildman–Crippen MR) is 138 cm³/mol. The van der Waals surface area contributed by atoms with Crippen molar-refractivity contribution in [3.05, 3.63) is 52.8 Å². The molecule has 3 aliphatic heterocycles. The van der Waals surface area contributed by atoms with Crippen LogP contribution < -0.4 is 0 Å². The lowest BCUT2D eigenvalue weighted by molar-refractivity contribution is -0.137. The number of fused-ring (bicyclic) bond motifs is 1. The standard InChI is InChI=1S/C28H39N5O3/c1-30-14-7-3-6-12-25(30)27(34)32-16-13-24-23(21-32)26(28(35)31-17-19-36-20-18-31)29-33(24)15-8-11-22-9-4-2-5-10-22/h2,4-5,9-10,25H,3,6-8,11-21H2,1H3/t25-/m1/s1. The van der Waals surface area contributed by atoms with E-state index in [0.717, 1.165) is 62.9 Å². The van der Waals surface area contributed by atoms with Crippen molar-refractivity contribution in [3.8, 4) is 0 Å². The number of amides is 2. The average Bonchev–Trinajstić information content (AvgIpc) is 3.14. The molecule has 0 radical (unpaired) electrons. The number of hydrogen-bond acceptors (Lipinski definition) is 5. The molecule has 0 bridgehead atoms. The number of aryl methyl sites for hydroxylation is 2. The van der Waals surface area contributed by atoms with Crippen molar-refractivity contribution in [1.29, 1.82) is 0 Å². The minimum atomic E-state index is -0.0617. The molecule has 194 valence electrons. The highest BCUT2D eigenvalue weighted by atomic mass is 16.5. The van der Waals surface area contributed by atoms with Crippen molar-refractivity contribution in [3.63, 3.8) is 0 Å². The van der Waals surface area contributed by atoms with Gasteiger partial charge in [0, 0.05) is 50.4 Å².